The Labute approximate surface area is 84.5 Å². The van der Waals surface area contributed by atoms with Gasteiger partial charge in [0.1, 0.15) is 0 Å². The summed E-state index contributed by atoms with van der Waals surface area (Å²) in [7, 11) is 0. The Morgan fingerprint density at radius 3 is 2.57 bits per heavy atom. The molecule has 1 N–H and O–H groups in total. The second-order valence-electron chi connectivity index (χ2n) is 4.42. The predicted octanol–water partition coefficient (Wildman–Crippen LogP) is 2.03. The third-order valence-electron chi connectivity index (χ3n) is 2.70. The minimum absolute atomic E-state index is 0.525. The molecule has 2 heteroatoms. The van der Waals surface area contributed by atoms with Gasteiger partial charge in [-0.1, -0.05) is 24.3 Å². The van der Waals surface area contributed by atoms with Crippen LogP contribution in [0.2, 0.25) is 0 Å². The molecule has 0 atom stereocenters. The fourth-order valence-electron chi connectivity index (χ4n) is 1.60. The monoisotopic (exact) mass is 192 g/mol. The number of rotatable bonds is 2. The van der Waals surface area contributed by atoms with Gasteiger partial charge in [0.15, 0.2) is 0 Å². The highest BCUT2D eigenvalue weighted by Gasteiger charge is 2.22. The summed E-state index contributed by atoms with van der Waals surface area (Å²) in [5, 5.41) is 9.85. The highest BCUT2D eigenvalue weighted by molar-refractivity contribution is 5.30. The van der Waals surface area contributed by atoms with Crippen LogP contribution in [0.4, 0.5) is 0 Å². The van der Waals surface area contributed by atoms with E-state index in [1.54, 1.807) is 0 Å². The third-order valence-corrected chi connectivity index (χ3v) is 2.70. The van der Waals surface area contributed by atoms with Crippen LogP contribution in [0.5, 0.6) is 0 Å². The van der Waals surface area contributed by atoms with Crippen molar-refractivity contribution in [2.75, 3.05) is 13.2 Å². The van der Waals surface area contributed by atoms with E-state index in [-0.39, 0.29) is 0 Å². The van der Waals surface area contributed by atoms with Gasteiger partial charge in [-0.25, -0.2) is 0 Å². The molecule has 1 fully saturated rings. The molecule has 0 spiro atoms. The summed E-state index contributed by atoms with van der Waals surface area (Å²) in [5.74, 6) is 0.525. The van der Waals surface area contributed by atoms with Crippen LogP contribution in [0.3, 0.4) is 0 Å². The summed E-state index contributed by atoms with van der Waals surface area (Å²) in [6, 6.07) is 8.14. The van der Waals surface area contributed by atoms with Crippen molar-refractivity contribution < 1.29 is 9.84 Å². The largest absolute Gasteiger partial charge is 0.386 e. The highest BCUT2D eigenvalue weighted by atomic mass is 16.5. The van der Waals surface area contributed by atoms with Gasteiger partial charge in [0.25, 0.3) is 0 Å². The molecule has 2 nitrogen and oxygen atoms in total. The van der Waals surface area contributed by atoms with Crippen LogP contribution < -0.4 is 0 Å². The number of hydrogen-bond donors (Lipinski definition) is 1. The van der Waals surface area contributed by atoms with Crippen molar-refractivity contribution in [1.82, 2.24) is 0 Å². The third kappa shape index (κ3) is 1.81. The molecule has 1 aliphatic heterocycles. The highest BCUT2D eigenvalue weighted by Crippen LogP contribution is 2.27. The number of benzene rings is 1. The van der Waals surface area contributed by atoms with E-state index in [0.717, 1.165) is 18.8 Å². The van der Waals surface area contributed by atoms with Gasteiger partial charge in [0, 0.05) is 5.92 Å². The molecule has 1 aromatic rings. The van der Waals surface area contributed by atoms with Gasteiger partial charge in [-0.3, -0.25) is 0 Å². The summed E-state index contributed by atoms with van der Waals surface area (Å²) < 4.78 is 5.15. The van der Waals surface area contributed by atoms with E-state index in [9.17, 15) is 5.11 Å². The summed E-state index contributed by atoms with van der Waals surface area (Å²) in [6.45, 7) is 5.25. The minimum Gasteiger partial charge on any atom is -0.386 e. The Hall–Kier alpha value is -0.860. The van der Waals surface area contributed by atoms with Gasteiger partial charge < -0.3 is 9.84 Å². The smallest absolute Gasteiger partial charge is 0.0840 e. The molecule has 0 bridgehead atoms. The molecular formula is C12H16O2. The Morgan fingerprint density at radius 2 is 2.07 bits per heavy atom. The zero-order valence-electron chi connectivity index (χ0n) is 8.66. The molecule has 0 aliphatic carbocycles. The first-order valence-electron chi connectivity index (χ1n) is 4.98. The van der Waals surface area contributed by atoms with Crippen LogP contribution in [0.1, 0.15) is 30.9 Å². The molecule has 0 radical (unpaired) electrons. The van der Waals surface area contributed by atoms with Gasteiger partial charge in [0.2, 0.25) is 0 Å². The second-order valence-corrected chi connectivity index (χ2v) is 4.42. The molecule has 1 aromatic carbocycles. The fourth-order valence-corrected chi connectivity index (χ4v) is 1.60. The average molecular weight is 192 g/mol. The zero-order chi connectivity index (χ0) is 10.2. The van der Waals surface area contributed by atoms with Crippen molar-refractivity contribution in [3.63, 3.8) is 0 Å². The standard InChI is InChI=1S/C12H16O2/c1-12(2,13)11-5-3-4-9(6-11)10-7-14-8-10/h3-6,10,13H,7-8H2,1-2H3. The first kappa shape index (κ1) is 9.69. The molecule has 1 saturated heterocycles. The SMILES string of the molecule is CC(C)(O)c1cccc(C2COC2)c1. The second kappa shape index (κ2) is 3.37. The van der Waals surface area contributed by atoms with Crippen molar-refractivity contribution in [3.8, 4) is 0 Å². The van der Waals surface area contributed by atoms with Crippen LogP contribution in [-0.2, 0) is 10.3 Å². The van der Waals surface area contributed by atoms with Gasteiger partial charge in [-0.05, 0) is 25.0 Å². The Kier molecular flexibility index (Phi) is 2.33. The fraction of sp³-hybridized carbons (Fsp3) is 0.500. The van der Waals surface area contributed by atoms with Crippen LogP contribution in [-0.4, -0.2) is 18.3 Å². The van der Waals surface area contributed by atoms with Crippen LogP contribution in [0.25, 0.3) is 0 Å². The van der Waals surface area contributed by atoms with Gasteiger partial charge in [-0.15, -0.1) is 0 Å². The van der Waals surface area contributed by atoms with Gasteiger partial charge >= 0.3 is 0 Å². The Morgan fingerprint density at radius 1 is 1.36 bits per heavy atom. The molecular weight excluding hydrogens is 176 g/mol. The van der Waals surface area contributed by atoms with E-state index in [1.165, 1.54) is 5.56 Å². The lowest BCUT2D eigenvalue weighted by molar-refractivity contribution is 0.00813. The van der Waals surface area contributed by atoms with E-state index in [2.05, 4.69) is 12.1 Å². The van der Waals surface area contributed by atoms with E-state index in [0.29, 0.717) is 5.92 Å². The van der Waals surface area contributed by atoms with Crippen LogP contribution in [0, 0.1) is 0 Å². The van der Waals surface area contributed by atoms with Crippen LogP contribution in [0.15, 0.2) is 24.3 Å². The van der Waals surface area contributed by atoms with E-state index >= 15 is 0 Å². The van der Waals surface area contributed by atoms with Crippen LogP contribution >= 0.6 is 0 Å². The lowest BCUT2D eigenvalue weighted by Crippen LogP contribution is -2.25. The first-order chi connectivity index (χ1) is 6.57. The summed E-state index contributed by atoms with van der Waals surface area (Å²) >= 11 is 0. The topological polar surface area (TPSA) is 29.5 Å². The molecule has 76 valence electrons. The quantitative estimate of drug-likeness (QED) is 0.777. The zero-order valence-corrected chi connectivity index (χ0v) is 8.66. The number of aliphatic hydroxyl groups is 1. The maximum absolute atomic E-state index is 9.85. The molecule has 1 heterocycles. The molecule has 0 saturated carbocycles. The van der Waals surface area contributed by atoms with E-state index in [4.69, 9.17) is 4.74 Å². The summed E-state index contributed by atoms with van der Waals surface area (Å²) in [4.78, 5) is 0. The van der Waals surface area contributed by atoms with E-state index < -0.39 is 5.60 Å². The molecule has 0 aromatic heterocycles. The maximum Gasteiger partial charge on any atom is 0.0840 e. The lowest BCUT2D eigenvalue weighted by atomic mass is 9.91. The Balaban J connectivity index is 2.26. The molecule has 0 amide bonds. The first-order valence-corrected chi connectivity index (χ1v) is 4.98. The predicted molar refractivity (Wildman–Crippen MR) is 55.2 cm³/mol. The van der Waals surface area contributed by atoms with Gasteiger partial charge in [-0.2, -0.15) is 0 Å². The molecule has 1 aliphatic rings. The van der Waals surface area contributed by atoms with Crippen molar-refractivity contribution in [3.05, 3.63) is 35.4 Å². The number of hydrogen-bond acceptors (Lipinski definition) is 2. The average Bonchev–Trinajstić information content (AvgIpc) is 2.00. The van der Waals surface area contributed by atoms with Crippen molar-refractivity contribution >= 4 is 0 Å². The molecule has 2 rings (SSSR count). The van der Waals surface area contributed by atoms with Crippen molar-refractivity contribution in [1.29, 1.82) is 0 Å². The molecule has 14 heavy (non-hydrogen) atoms. The summed E-state index contributed by atoms with van der Waals surface area (Å²) in [6.07, 6.45) is 0. The Bertz CT molecular complexity index is 321. The van der Waals surface area contributed by atoms with Crippen molar-refractivity contribution in [2.45, 2.75) is 25.4 Å². The van der Waals surface area contributed by atoms with Crippen molar-refractivity contribution in [2.24, 2.45) is 0 Å². The maximum atomic E-state index is 9.85. The lowest BCUT2D eigenvalue weighted by Gasteiger charge is -2.28. The van der Waals surface area contributed by atoms with E-state index in [1.807, 2.05) is 26.0 Å². The molecule has 0 unspecified atom stereocenters. The van der Waals surface area contributed by atoms with Gasteiger partial charge in [0.05, 0.1) is 18.8 Å². The number of ether oxygens (including phenoxy) is 1. The minimum atomic E-state index is -0.749. The summed E-state index contributed by atoms with van der Waals surface area (Å²) in [5.41, 5.74) is 1.50. The normalized spacial score (nSPS) is 17.9.